The number of ether oxygens (including phenoxy) is 1. The summed E-state index contributed by atoms with van der Waals surface area (Å²) < 4.78 is 5.37. The van der Waals surface area contributed by atoms with E-state index in [0.29, 0.717) is 32.3 Å². The number of aliphatic hydroxyl groups excluding tert-OH is 1. The Labute approximate surface area is 109 Å². The number of carboxylic acids is 1. The van der Waals surface area contributed by atoms with Crippen LogP contribution in [0.2, 0.25) is 0 Å². The number of hydrogen-bond donors (Lipinski definition) is 2. The van der Waals surface area contributed by atoms with E-state index in [2.05, 4.69) is 11.8 Å². The van der Waals surface area contributed by atoms with E-state index in [9.17, 15) is 9.90 Å². The molecule has 0 aromatic heterocycles. The van der Waals surface area contributed by atoms with Crippen LogP contribution >= 0.6 is 0 Å². The molecule has 1 saturated carbocycles. The highest BCUT2D eigenvalue weighted by atomic mass is 16.5. The van der Waals surface area contributed by atoms with Gasteiger partial charge in [0.05, 0.1) is 19.1 Å². The van der Waals surface area contributed by atoms with Gasteiger partial charge < -0.3 is 14.9 Å². The van der Waals surface area contributed by atoms with E-state index in [0.717, 1.165) is 25.7 Å². The van der Waals surface area contributed by atoms with Crippen LogP contribution in [0.15, 0.2) is 0 Å². The molecule has 2 N–H and O–H groups in total. The fraction of sp³-hybridized carbons (Fsp3) is 0.923. The molecule has 1 aliphatic rings. The number of carboxylic acid groups (broad SMARTS) is 1. The van der Waals surface area contributed by atoms with E-state index in [-0.39, 0.29) is 6.42 Å². The van der Waals surface area contributed by atoms with Crippen molar-refractivity contribution in [3.63, 3.8) is 0 Å². The molecular formula is C13H25NO4. The van der Waals surface area contributed by atoms with Crippen LogP contribution in [0.3, 0.4) is 0 Å². The number of hydrogen-bond acceptors (Lipinski definition) is 4. The van der Waals surface area contributed by atoms with Crippen LogP contribution in [0.1, 0.15) is 39.0 Å². The first-order chi connectivity index (χ1) is 8.63. The molecule has 0 amide bonds. The smallest absolute Gasteiger partial charge is 0.304 e. The first-order valence-electron chi connectivity index (χ1n) is 6.85. The Bertz CT molecular complexity index is 243. The average Bonchev–Trinajstić information content (AvgIpc) is 3.14. The molecule has 0 saturated heterocycles. The minimum Gasteiger partial charge on any atom is -0.481 e. The van der Waals surface area contributed by atoms with E-state index in [4.69, 9.17) is 9.84 Å². The highest BCUT2D eigenvalue weighted by Crippen LogP contribution is 2.26. The molecule has 0 aromatic carbocycles. The molecule has 5 nitrogen and oxygen atoms in total. The summed E-state index contributed by atoms with van der Waals surface area (Å²) in [6.45, 7) is 4.17. The summed E-state index contributed by atoms with van der Waals surface area (Å²) in [6.07, 6.45) is 3.95. The van der Waals surface area contributed by atoms with Gasteiger partial charge in [0.15, 0.2) is 0 Å². The fourth-order valence-corrected chi connectivity index (χ4v) is 1.89. The monoisotopic (exact) mass is 259 g/mol. The van der Waals surface area contributed by atoms with Crippen molar-refractivity contribution in [1.29, 1.82) is 0 Å². The van der Waals surface area contributed by atoms with Crippen molar-refractivity contribution in [2.75, 3.05) is 26.3 Å². The molecule has 1 aliphatic carbocycles. The standard InChI is InChI=1S/C13H25NO4/c1-2-3-8-18-10-12(15)9-14(11-4-5-11)7-6-13(16)17/h11-12,15H,2-10H2,1H3,(H,16,17). The first-order valence-corrected chi connectivity index (χ1v) is 6.85. The topological polar surface area (TPSA) is 70.0 Å². The molecule has 106 valence electrons. The lowest BCUT2D eigenvalue weighted by atomic mass is 10.3. The van der Waals surface area contributed by atoms with Crippen molar-refractivity contribution >= 4 is 5.97 Å². The van der Waals surface area contributed by atoms with Gasteiger partial charge in [-0.05, 0) is 19.3 Å². The molecular weight excluding hydrogens is 234 g/mol. The highest BCUT2D eigenvalue weighted by Gasteiger charge is 2.30. The minimum absolute atomic E-state index is 0.139. The zero-order valence-corrected chi connectivity index (χ0v) is 11.2. The number of aliphatic carboxylic acids is 1. The van der Waals surface area contributed by atoms with Crippen molar-refractivity contribution in [2.45, 2.75) is 51.2 Å². The molecule has 0 aliphatic heterocycles. The average molecular weight is 259 g/mol. The Morgan fingerprint density at radius 1 is 1.50 bits per heavy atom. The van der Waals surface area contributed by atoms with E-state index in [1.807, 2.05) is 0 Å². The van der Waals surface area contributed by atoms with Crippen LogP contribution in [-0.2, 0) is 9.53 Å². The maximum Gasteiger partial charge on any atom is 0.304 e. The van der Waals surface area contributed by atoms with Crippen molar-refractivity contribution in [3.05, 3.63) is 0 Å². The molecule has 1 rings (SSSR count). The van der Waals surface area contributed by atoms with Gasteiger partial charge in [0, 0.05) is 25.7 Å². The Morgan fingerprint density at radius 3 is 2.78 bits per heavy atom. The lowest BCUT2D eigenvalue weighted by Gasteiger charge is -2.24. The molecule has 1 unspecified atom stereocenters. The van der Waals surface area contributed by atoms with E-state index < -0.39 is 12.1 Å². The summed E-state index contributed by atoms with van der Waals surface area (Å²) in [6, 6.07) is 0.467. The van der Waals surface area contributed by atoms with Crippen LogP contribution < -0.4 is 0 Å². The summed E-state index contributed by atoms with van der Waals surface area (Å²) in [5.41, 5.74) is 0. The van der Waals surface area contributed by atoms with Gasteiger partial charge in [-0.3, -0.25) is 9.69 Å². The Hall–Kier alpha value is -0.650. The highest BCUT2D eigenvalue weighted by molar-refractivity contribution is 5.66. The largest absolute Gasteiger partial charge is 0.481 e. The second-order valence-corrected chi connectivity index (χ2v) is 4.95. The summed E-state index contributed by atoms with van der Waals surface area (Å²) in [5.74, 6) is -0.783. The third kappa shape index (κ3) is 6.93. The number of nitrogens with zero attached hydrogens (tertiary/aromatic N) is 1. The quantitative estimate of drug-likeness (QED) is 0.544. The Morgan fingerprint density at radius 2 is 2.22 bits per heavy atom. The zero-order chi connectivity index (χ0) is 13.4. The van der Waals surface area contributed by atoms with Crippen molar-refractivity contribution in [3.8, 4) is 0 Å². The van der Waals surface area contributed by atoms with Crippen LogP contribution in [0.25, 0.3) is 0 Å². The SMILES string of the molecule is CCCCOCC(O)CN(CCC(=O)O)C1CC1. The summed E-state index contributed by atoms with van der Waals surface area (Å²) in [7, 11) is 0. The van der Waals surface area contributed by atoms with Crippen molar-refractivity contribution in [2.24, 2.45) is 0 Å². The predicted octanol–water partition coefficient (Wildman–Crippen LogP) is 1.10. The molecule has 1 fully saturated rings. The number of aliphatic hydroxyl groups is 1. The van der Waals surface area contributed by atoms with Crippen LogP contribution in [0.4, 0.5) is 0 Å². The third-order valence-corrected chi connectivity index (χ3v) is 3.07. The maximum absolute atomic E-state index is 10.6. The Balaban J connectivity index is 2.16. The molecule has 5 heteroatoms. The summed E-state index contributed by atoms with van der Waals surface area (Å²) in [4.78, 5) is 12.6. The predicted molar refractivity (Wildman–Crippen MR) is 68.6 cm³/mol. The molecule has 18 heavy (non-hydrogen) atoms. The lowest BCUT2D eigenvalue weighted by molar-refractivity contribution is -0.137. The molecule has 0 aromatic rings. The van der Waals surface area contributed by atoms with Crippen molar-refractivity contribution < 1.29 is 19.7 Å². The van der Waals surface area contributed by atoms with Gasteiger partial charge in [-0.2, -0.15) is 0 Å². The first kappa shape index (κ1) is 15.4. The van der Waals surface area contributed by atoms with Crippen LogP contribution in [-0.4, -0.2) is 59.5 Å². The van der Waals surface area contributed by atoms with Gasteiger partial charge >= 0.3 is 5.97 Å². The number of carbonyl (C=O) groups is 1. The van der Waals surface area contributed by atoms with Crippen molar-refractivity contribution in [1.82, 2.24) is 4.90 Å². The molecule has 0 bridgehead atoms. The summed E-state index contributed by atoms with van der Waals surface area (Å²) in [5, 5.41) is 18.5. The fourth-order valence-electron chi connectivity index (χ4n) is 1.89. The molecule has 0 radical (unpaired) electrons. The van der Waals surface area contributed by atoms with Crippen LogP contribution in [0, 0.1) is 0 Å². The van der Waals surface area contributed by atoms with Crippen LogP contribution in [0.5, 0.6) is 0 Å². The zero-order valence-electron chi connectivity index (χ0n) is 11.2. The van der Waals surface area contributed by atoms with Gasteiger partial charge in [-0.15, -0.1) is 0 Å². The molecule has 0 heterocycles. The maximum atomic E-state index is 10.6. The van der Waals surface area contributed by atoms with Gasteiger partial charge in [0.1, 0.15) is 0 Å². The van der Waals surface area contributed by atoms with E-state index in [1.165, 1.54) is 0 Å². The van der Waals surface area contributed by atoms with E-state index >= 15 is 0 Å². The number of rotatable bonds is 11. The molecule has 1 atom stereocenters. The summed E-state index contributed by atoms with van der Waals surface area (Å²) >= 11 is 0. The lowest BCUT2D eigenvalue weighted by Crippen LogP contribution is -2.37. The minimum atomic E-state index is -0.783. The second-order valence-electron chi connectivity index (χ2n) is 4.95. The Kier molecular flexibility index (Phi) is 7.23. The third-order valence-electron chi connectivity index (χ3n) is 3.07. The number of unbranched alkanes of at least 4 members (excludes halogenated alkanes) is 1. The normalized spacial score (nSPS) is 17.1. The molecule has 0 spiro atoms. The van der Waals surface area contributed by atoms with E-state index in [1.54, 1.807) is 0 Å². The van der Waals surface area contributed by atoms with Gasteiger partial charge in [-0.25, -0.2) is 0 Å². The second kappa shape index (κ2) is 8.45. The van der Waals surface area contributed by atoms with Gasteiger partial charge in [0.25, 0.3) is 0 Å². The van der Waals surface area contributed by atoms with Gasteiger partial charge in [0.2, 0.25) is 0 Å². The van der Waals surface area contributed by atoms with Gasteiger partial charge in [-0.1, -0.05) is 13.3 Å².